The van der Waals surface area contributed by atoms with Crippen molar-refractivity contribution in [3.63, 3.8) is 0 Å². The summed E-state index contributed by atoms with van der Waals surface area (Å²) < 4.78 is 13.7. The molecule has 192 valence electrons. The number of piperidine rings is 1. The molecule has 2 aliphatic rings. The molecular weight excluding hydrogens is 455 g/mol. The highest BCUT2D eigenvalue weighted by Gasteiger charge is 2.38. The molecule has 3 aromatic rings. The second-order valence-electron chi connectivity index (χ2n) is 10.6. The summed E-state index contributed by atoms with van der Waals surface area (Å²) in [5, 5.41) is 5.71. The number of carbonyl (C=O) groups is 1. The summed E-state index contributed by atoms with van der Waals surface area (Å²) in [7, 11) is 4.34. The molecule has 5 rings (SSSR count). The molecule has 1 amide bonds. The zero-order valence-corrected chi connectivity index (χ0v) is 21.3. The Balaban J connectivity index is 1.07. The average Bonchev–Trinajstić information content (AvgIpc) is 3.31. The molecule has 0 radical (unpaired) electrons. The zero-order valence-electron chi connectivity index (χ0n) is 21.3. The third-order valence-corrected chi connectivity index (χ3v) is 8.42. The molecule has 0 unspecified atom stereocenters. The van der Waals surface area contributed by atoms with Crippen molar-refractivity contribution in [2.45, 2.75) is 50.0 Å². The summed E-state index contributed by atoms with van der Waals surface area (Å²) in [4.78, 5) is 23.7. The number of nitrogens with one attached hydrogen (secondary N) is 2. The Morgan fingerprint density at radius 1 is 1.11 bits per heavy atom. The number of aromatic nitrogens is 1. The number of fused-ring (bicyclic) bond motifs is 1. The van der Waals surface area contributed by atoms with E-state index in [0.717, 1.165) is 55.0 Å². The number of hydrogen-bond donors (Lipinski definition) is 2. The van der Waals surface area contributed by atoms with Crippen molar-refractivity contribution in [2.75, 3.05) is 33.7 Å². The molecule has 2 heterocycles. The molecule has 7 heteroatoms. The molecule has 0 bridgehead atoms. The van der Waals surface area contributed by atoms with Crippen LogP contribution in [0, 0.1) is 11.7 Å². The van der Waals surface area contributed by atoms with Crippen molar-refractivity contribution in [2.24, 2.45) is 5.92 Å². The molecule has 1 saturated heterocycles. The molecule has 1 aliphatic heterocycles. The van der Waals surface area contributed by atoms with Crippen LogP contribution >= 0.6 is 0 Å². The lowest BCUT2D eigenvalue weighted by Crippen LogP contribution is -2.46. The fourth-order valence-electron chi connectivity index (χ4n) is 6.19. The molecular formula is C29H37FN4O2. The first-order valence-corrected chi connectivity index (χ1v) is 13.1. The van der Waals surface area contributed by atoms with Crippen LogP contribution in [-0.2, 0) is 10.4 Å². The van der Waals surface area contributed by atoms with Gasteiger partial charge in [0.2, 0.25) is 0 Å². The number of benzene rings is 2. The number of H-pyrrole nitrogens is 1. The Hall–Kier alpha value is -2.90. The van der Waals surface area contributed by atoms with Gasteiger partial charge in [0, 0.05) is 42.3 Å². The van der Waals surface area contributed by atoms with Crippen molar-refractivity contribution in [3.8, 4) is 0 Å². The maximum atomic E-state index is 13.7. The van der Waals surface area contributed by atoms with E-state index in [9.17, 15) is 9.18 Å². The number of nitrogens with zero attached hydrogens (tertiary/aromatic N) is 2. The minimum atomic E-state index is -0.366. The second-order valence-corrected chi connectivity index (χ2v) is 10.6. The van der Waals surface area contributed by atoms with E-state index in [1.54, 1.807) is 17.2 Å². The quantitative estimate of drug-likeness (QED) is 0.458. The van der Waals surface area contributed by atoms with E-state index in [4.69, 9.17) is 4.84 Å². The Labute approximate surface area is 212 Å². The summed E-state index contributed by atoms with van der Waals surface area (Å²) in [6.07, 6.45) is 7.67. The molecule has 1 saturated carbocycles. The largest absolute Gasteiger partial charge is 0.426 e. The van der Waals surface area contributed by atoms with E-state index in [0.29, 0.717) is 31.5 Å². The van der Waals surface area contributed by atoms with Crippen molar-refractivity contribution in [1.29, 1.82) is 0 Å². The standard InChI is InChI=1S/C29H37FN4O2/c1-33(2)29(23-6-4-3-5-7-23)14-10-21(11-15-29)19-32-28(35)36-34-16-12-22(13-17-34)26-20-31-27-9-8-24(30)18-25(26)27/h3-9,18,20-22,31H,10-17,19H2,1-2H3,(H,32,35). The smallest absolute Gasteiger partial charge is 0.361 e. The molecule has 2 aromatic carbocycles. The fourth-order valence-corrected chi connectivity index (χ4v) is 6.19. The third-order valence-electron chi connectivity index (χ3n) is 8.42. The number of hydrogen-bond acceptors (Lipinski definition) is 4. The lowest BCUT2D eigenvalue weighted by molar-refractivity contribution is -0.114. The average molecular weight is 493 g/mol. The van der Waals surface area contributed by atoms with Crippen LogP contribution in [0.5, 0.6) is 0 Å². The van der Waals surface area contributed by atoms with E-state index < -0.39 is 0 Å². The van der Waals surface area contributed by atoms with Gasteiger partial charge >= 0.3 is 6.09 Å². The van der Waals surface area contributed by atoms with Gasteiger partial charge in [-0.3, -0.25) is 4.90 Å². The lowest BCUT2D eigenvalue weighted by Gasteiger charge is -2.45. The van der Waals surface area contributed by atoms with Crippen LogP contribution < -0.4 is 5.32 Å². The van der Waals surface area contributed by atoms with Gasteiger partial charge in [0.1, 0.15) is 5.82 Å². The van der Waals surface area contributed by atoms with Crippen LogP contribution in [0.15, 0.2) is 54.7 Å². The molecule has 2 N–H and O–H groups in total. The highest BCUT2D eigenvalue weighted by Crippen LogP contribution is 2.42. The molecule has 2 fully saturated rings. The molecule has 6 nitrogen and oxygen atoms in total. The van der Waals surface area contributed by atoms with E-state index >= 15 is 0 Å². The summed E-state index contributed by atoms with van der Waals surface area (Å²) in [6, 6.07) is 15.6. The van der Waals surface area contributed by atoms with Gasteiger partial charge < -0.3 is 15.1 Å². The van der Waals surface area contributed by atoms with Gasteiger partial charge in [-0.25, -0.2) is 9.18 Å². The first-order chi connectivity index (χ1) is 17.4. The highest BCUT2D eigenvalue weighted by atomic mass is 19.1. The van der Waals surface area contributed by atoms with Gasteiger partial charge in [-0.1, -0.05) is 30.3 Å². The van der Waals surface area contributed by atoms with E-state index in [1.165, 1.54) is 11.6 Å². The van der Waals surface area contributed by atoms with Crippen molar-refractivity contribution < 1.29 is 14.0 Å². The SMILES string of the molecule is CN(C)C1(c2ccccc2)CCC(CNC(=O)ON2CCC(c3c[nH]c4ccc(F)cc34)CC2)CC1. The van der Waals surface area contributed by atoms with Crippen LogP contribution in [-0.4, -0.2) is 54.8 Å². The molecule has 1 aliphatic carbocycles. The van der Waals surface area contributed by atoms with Crippen molar-refractivity contribution in [3.05, 3.63) is 71.7 Å². The Bertz CT molecular complexity index is 1160. The van der Waals surface area contributed by atoms with Crippen LogP contribution in [0.1, 0.15) is 55.6 Å². The number of halogens is 1. The van der Waals surface area contributed by atoms with E-state index in [2.05, 4.69) is 59.6 Å². The molecule has 0 atom stereocenters. The van der Waals surface area contributed by atoms with Gasteiger partial charge in [0.05, 0.1) is 0 Å². The maximum Gasteiger partial charge on any atom is 0.426 e. The first-order valence-electron chi connectivity index (χ1n) is 13.1. The predicted octanol–water partition coefficient (Wildman–Crippen LogP) is 5.77. The summed E-state index contributed by atoms with van der Waals surface area (Å²) in [5.41, 5.74) is 3.55. The zero-order chi connectivity index (χ0) is 25.1. The van der Waals surface area contributed by atoms with E-state index in [1.807, 2.05) is 6.20 Å². The van der Waals surface area contributed by atoms with Crippen LogP contribution in [0.25, 0.3) is 10.9 Å². The molecule has 1 aromatic heterocycles. The summed E-state index contributed by atoms with van der Waals surface area (Å²) in [6.45, 7) is 1.99. The number of amides is 1. The van der Waals surface area contributed by atoms with E-state index in [-0.39, 0.29) is 17.4 Å². The Morgan fingerprint density at radius 3 is 2.53 bits per heavy atom. The number of carbonyl (C=O) groups excluding carboxylic acids is 1. The van der Waals surface area contributed by atoms with Crippen molar-refractivity contribution >= 4 is 17.0 Å². The van der Waals surface area contributed by atoms with Crippen LogP contribution in [0.2, 0.25) is 0 Å². The minimum Gasteiger partial charge on any atom is -0.361 e. The van der Waals surface area contributed by atoms with Gasteiger partial charge in [0.15, 0.2) is 0 Å². The molecule has 36 heavy (non-hydrogen) atoms. The van der Waals surface area contributed by atoms with Gasteiger partial charge in [0.25, 0.3) is 0 Å². The number of aromatic amines is 1. The fraction of sp³-hybridized carbons (Fsp3) is 0.483. The normalized spacial score (nSPS) is 23.7. The third kappa shape index (κ3) is 5.13. The van der Waals surface area contributed by atoms with Gasteiger partial charge in [-0.05, 0) is 93.8 Å². The monoisotopic (exact) mass is 492 g/mol. The van der Waals surface area contributed by atoms with Crippen molar-refractivity contribution in [1.82, 2.24) is 20.3 Å². The summed E-state index contributed by atoms with van der Waals surface area (Å²) in [5.74, 6) is 0.570. The topological polar surface area (TPSA) is 60.6 Å². The Kier molecular flexibility index (Phi) is 7.30. The highest BCUT2D eigenvalue weighted by molar-refractivity contribution is 5.83. The molecule has 0 spiro atoms. The Morgan fingerprint density at radius 2 is 1.83 bits per heavy atom. The minimum absolute atomic E-state index is 0.0686. The predicted molar refractivity (Wildman–Crippen MR) is 140 cm³/mol. The second kappa shape index (κ2) is 10.6. The maximum absolute atomic E-state index is 13.7. The number of hydroxylamine groups is 2. The summed E-state index contributed by atoms with van der Waals surface area (Å²) >= 11 is 0. The van der Waals surface area contributed by atoms with Crippen LogP contribution in [0.3, 0.4) is 0 Å². The number of rotatable bonds is 6. The first kappa shape index (κ1) is 24.8. The van der Waals surface area contributed by atoms with Crippen LogP contribution in [0.4, 0.5) is 9.18 Å². The van der Waals surface area contributed by atoms with Gasteiger partial charge in [-0.2, -0.15) is 0 Å². The van der Waals surface area contributed by atoms with Gasteiger partial charge in [-0.15, -0.1) is 5.06 Å². The lowest BCUT2D eigenvalue weighted by atomic mass is 9.72.